The summed E-state index contributed by atoms with van der Waals surface area (Å²) in [6, 6.07) is 9.23. The number of ether oxygens (including phenoxy) is 3. The fourth-order valence-corrected chi connectivity index (χ4v) is 2.67. The van der Waals surface area contributed by atoms with E-state index in [2.05, 4.69) is 6.07 Å². The monoisotopic (exact) mass is 328 g/mol. The highest BCUT2D eigenvalue weighted by Gasteiger charge is 2.37. The van der Waals surface area contributed by atoms with Crippen LogP contribution in [0.25, 0.3) is 0 Å². The molecular weight excluding hydrogens is 308 g/mol. The molecule has 1 aromatic carbocycles. The molecule has 126 valence electrons. The number of rotatable bonds is 5. The molecule has 24 heavy (non-hydrogen) atoms. The molecule has 0 aromatic heterocycles. The van der Waals surface area contributed by atoms with Gasteiger partial charge < -0.3 is 19.9 Å². The maximum Gasteiger partial charge on any atom is 0.338 e. The van der Waals surface area contributed by atoms with Crippen LogP contribution >= 0.6 is 0 Å². The van der Waals surface area contributed by atoms with E-state index in [4.69, 9.17) is 19.9 Å². The second kappa shape index (κ2) is 7.55. The normalized spacial score (nSPS) is 17.2. The average Bonchev–Trinajstić information content (AvgIpc) is 2.60. The van der Waals surface area contributed by atoms with Crippen LogP contribution in [0.5, 0.6) is 5.75 Å². The lowest BCUT2D eigenvalue weighted by Crippen LogP contribution is -2.26. The third-order valence-electron chi connectivity index (χ3n) is 3.74. The van der Waals surface area contributed by atoms with Crippen LogP contribution in [0, 0.1) is 11.3 Å². The fraction of sp³-hybridized carbons (Fsp3) is 0.333. The Morgan fingerprint density at radius 1 is 1.42 bits per heavy atom. The molecule has 0 saturated heterocycles. The molecule has 0 radical (unpaired) electrons. The Hall–Kier alpha value is -2.94. The van der Waals surface area contributed by atoms with E-state index in [-0.39, 0.29) is 18.1 Å². The van der Waals surface area contributed by atoms with E-state index >= 15 is 0 Å². The molecule has 0 amide bonds. The summed E-state index contributed by atoms with van der Waals surface area (Å²) in [4.78, 5) is 12.5. The summed E-state index contributed by atoms with van der Waals surface area (Å²) in [5.74, 6) is -0.112. The quantitative estimate of drug-likeness (QED) is 0.835. The minimum Gasteiger partial charge on any atom is -0.497 e. The van der Waals surface area contributed by atoms with Gasteiger partial charge in [0.2, 0.25) is 5.88 Å². The molecule has 1 unspecified atom stereocenters. The van der Waals surface area contributed by atoms with E-state index < -0.39 is 11.9 Å². The first-order chi connectivity index (χ1) is 11.6. The summed E-state index contributed by atoms with van der Waals surface area (Å²) in [5.41, 5.74) is 7.11. The third-order valence-corrected chi connectivity index (χ3v) is 3.74. The van der Waals surface area contributed by atoms with Gasteiger partial charge in [0.25, 0.3) is 0 Å². The number of nitrogens with two attached hydrogens (primary N) is 1. The first-order valence-electron chi connectivity index (χ1n) is 7.68. The van der Waals surface area contributed by atoms with E-state index in [1.54, 1.807) is 32.2 Å². The lowest BCUT2D eigenvalue weighted by atomic mass is 9.82. The summed E-state index contributed by atoms with van der Waals surface area (Å²) in [5, 5.41) is 9.53. The predicted molar refractivity (Wildman–Crippen MR) is 87.6 cm³/mol. The van der Waals surface area contributed by atoms with Crippen LogP contribution in [0.15, 0.2) is 47.1 Å². The molecule has 1 heterocycles. The standard InChI is InChI=1S/C18H20N2O4/c1-4-14-16(18(21)23-5-2)15(13(10-19)17(20)24-14)11-7-6-8-12(9-11)22-3/h6-9,15H,4-5,20H2,1-3H3. The zero-order valence-corrected chi connectivity index (χ0v) is 14.0. The Labute approximate surface area is 141 Å². The van der Waals surface area contributed by atoms with Gasteiger partial charge in [0.15, 0.2) is 0 Å². The zero-order chi connectivity index (χ0) is 17.7. The third kappa shape index (κ3) is 3.20. The summed E-state index contributed by atoms with van der Waals surface area (Å²) in [6.07, 6.45) is 0.452. The fourth-order valence-electron chi connectivity index (χ4n) is 2.67. The maximum absolute atomic E-state index is 12.5. The summed E-state index contributed by atoms with van der Waals surface area (Å²) < 4.78 is 15.9. The molecule has 2 rings (SSSR count). The number of methoxy groups -OCH3 is 1. The molecule has 1 aliphatic heterocycles. The van der Waals surface area contributed by atoms with Crippen molar-refractivity contribution >= 4 is 5.97 Å². The number of benzene rings is 1. The van der Waals surface area contributed by atoms with Crippen molar-refractivity contribution in [2.45, 2.75) is 26.2 Å². The number of allylic oxidation sites excluding steroid dienone is 2. The van der Waals surface area contributed by atoms with Crippen molar-refractivity contribution in [3.63, 3.8) is 0 Å². The van der Waals surface area contributed by atoms with E-state index in [0.29, 0.717) is 29.1 Å². The number of nitriles is 1. The zero-order valence-electron chi connectivity index (χ0n) is 14.0. The second-order valence-corrected chi connectivity index (χ2v) is 5.11. The minimum atomic E-state index is -0.646. The SMILES string of the molecule is CCOC(=O)C1=C(CC)OC(N)=C(C#N)C1c1cccc(OC)c1. The van der Waals surface area contributed by atoms with Gasteiger partial charge in [0.05, 0.1) is 25.2 Å². The van der Waals surface area contributed by atoms with E-state index in [9.17, 15) is 10.1 Å². The number of hydrogen-bond donors (Lipinski definition) is 1. The van der Waals surface area contributed by atoms with Crippen molar-refractivity contribution in [3.8, 4) is 11.8 Å². The van der Waals surface area contributed by atoms with Crippen LogP contribution < -0.4 is 10.5 Å². The van der Waals surface area contributed by atoms with Gasteiger partial charge >= 0.3 is 5.97 Å². The van der Waals surface area contributed by atoms with Crippen molar-refractivity contribution in [1.82, 2.24) is 0 Å². The molecule has 1 aliphatic rings. The molecular formula is C18H20N2O4. The van der Waals surface area contributed by atoms with Gasteiger partial charge in [-0.25, -0.2) is 4.79 Å². The average molecular weight is 328 g/mol. The smallest absolute Gasteiger partial charge is 0.338 e. The first-order valence-corrected chi connectivity index (χ1v) is 7.68. The van der Waals surface area contributed by atoms with Gasteiger partial charge in [0, 0.05) is 6.42 Å². The molecule has 2 N–H and O–H groups in total. The van der Waals surface area contributed by atoms with E-state index in [0.717, 1.165) is 0 Å². The van der Waals surface area contributed by atoms with Crippen LogP contribution in [0.1, 0.15) is 31.7 Å². The summed E-state index contributed by atoms with van der Waals surface area (Å²) >= 11 is 0. The van der Waals surface area contributed by atoms with Gasteiger partial charge in [-0.2, -0.15) is 5.26 Å². The molecule has 0 aliphatic carbocycles. The van der Waals surface area contributed by atoms with Crippen LogP contribution in [-0.4, -0.2) is 19.7 Å². The molecule has 1 aromatic rings. The highest BCUT2D eigenvalue weighted by Crippen LogP contribution is 2.41. The molecule has 1 atom stereocenters. The first kappa shape index (κ1) is 17.4. The topological polar surface area (TPSA) is 94.6 Å². The van der Waals surface area contributed by atoms with Crippen molar-refractivity contribution in [2.75, 3.05) is 13.7 Å². The maximum atomic E-state index is 12.5. The van der Waals surface area contributed by atoms with Crippen molar-refractivity contribution in [2.24, 2.45) is 5.73 Å². The summed E-state index contributed by atoms with van der Waals surface area (Å²) in [6.45, 7) is 3.80. The number of hydrogen-bond acceptors (Lipinski definition) is 6. The van der Waals surface area contributed by atoms with Crippen molar-refractivity contribution < 1.29 is 19.0 Å². The van der Waals surface area contributed by atoms with E-state index in [1.165, 1.54) is 0 Å². The van der Waals surface area contributed by atoms with Crippen LogP contribution in [-0.2, 0) is 14.3 Å². The second-order valence-electron chi connectivity index (χ2n) is 5.11. The van der Waals surface area contributed by atoms with E-state index in [1.807, 2.05) is 13.0 Å². The highest BCUT2D eigenvalue weighted by atomic mass is 16.5. The van der Waals surface area contributed by atoms with Crippen molar-refractivity contribution in [1.29, 1.82) is 5.26 Å². The van der Waals surface area contributed by atoms with Gasteiger partial charge in [-0.1, -0.05) is 19.1 Å². The molecule has 6 heteroatoms. The highest BCUT2D eigenvalue weighted by molar-refractivity contribution is 5.92. The number of esters is 1. The minimum absolute atomic E-state index is 0.00946. The number of carbonyl (C=O) groups excluding carboxylic acids is 1. The van der Waals surface area contributed by atoms with Gasteiger partial charge in [-0.15, -0.1) is 0 Å². The lowest BCUT2D eigenvalue weighted by Gasteiger charge is -2.28. The lowest BCUT2D eigenvalue weighted by molar-refractivity contribution is -0.139. The molecule has 0 saturated carbocycles. The van der Waals surface area contributed by atoms with Gasteiger partial charge in [0.1, 0.15) is 23.2 Å². The Morgan fingerprint density at radius 3 is 2.75 bits per heavy atom. The molecule has 0 fully saturated rings. The van der Waals surface area contributed by atoms with Crippen LogP contribution in [0.4, 0.5) is 0 Å². The number of carbonyl (C=O) groups is 1. The van der Waals surface area contributed by atoms with Crippen molar-refractivity contribution in [3.05, 3.63) is 52.6 Å². The summed E-state index contributed by atoms with van der Waals surface area (Å²) in [7, 11) is 1.55. The molecule has 0 bridgehead atoms. The number of nitrogens with zero attached hydrogens (tertiary/aromatic N) is 1. The van der Waals surface area contributed by atoms with Crippen LogP contribution in [0.3, 0.4) is 0 Å². The Balaban J connectivity index is 2.65. The van der Waals surface area contributed by atoms with Gasteiger partial charge in [-0.3, -0.25) is 0 Å². The van der Waals surface area contributed by atoms with Gasteiger partial charge in [-0.05, 0) is 24.6 Å². The molecule has 6 nitrogen and oxygen atoms in total. The van der Waals surface area contributed by atoms with Crippen LogP contribution in [0.2, 0.25) is 0 Å². The Bertz CT molecular complexity index is 744. The predicted octanol–water partition coefficient (Wildman–Crippen LogP) is 2.73. The Kier molecular flexibility index (Phi) is 5.48. The molecule has 0 spiro atoms. The largest absolute Gasteiger partial charge is 0.497 e. The Morgan fingerprint density at radius 2 is 2.17 bits per heavy atom.